The molecule has 3 heterocycles. The number of aromatic nitrogens is 4. The van der Waals surface area contributed by atoms with E-state index >= 15 is 0 Å². The Bertz CT molecular complexity index is 759. The van der Waals surface area contributed by atoms with Gasteiger partial charge >= 0.3 is 5.97 Å². The largest absolute Gasteiger partial charge is 0.464 e. The number of carbonyl (C=O) groups is 1. The van der Waals surface area contributed by atoms with Crippen LogP contribution in [0.1, 0.15) is 16.1 Å². The third kappa shape index (κ3) is 3.33. The van der Waals surface area contributed by atoms with Crippen LogP contribution in [0.25, 0.3) is 0 Å². The smallest absolute Gasteiger partial charge is 0.360 e. The number of nitrogens with zero attached hydrogens (tertiary/aromatic N) is 7. The quantitative estimate of drug-likeness (QED) is 0.730. The fraction of sp³-hybridized carbons (Fsp3) is 0.400. The van der Waals surface area contributed by atoms with Crippen LogP contribution in [0.4, 0.5) is 5.82 Å². The highest BCUT2D eigenvalue weighted by Gasteiger charge is 2.21. The van der Waals surface area contributed by atoms with Gasteiger partial charge in [0, 0.05) is 32.4 Å². The molecule has 9 nitrogen and oxygen atoms in total. The summed E-state index contributed by atoms with van der Waals surface area (Å²) in [4.78, 5) is 20.0. The molecule has 2 aromatic heterocycles. The van der Waals surface area contributed by atoms with Crippen molar-refractivity contribution in [2.24, 2.45) is 0 Å². The lowest BCUT2D eigenvalue weighted by Gasteiger charge is -2.35. The van der Waals surface area contributed by atoms with Gasteiger partial charge in [0.25, 0.3) is 0 Å². The van der Waals surface area contributed by atoms with Crippen LogP contribution in [0.5, 0.6) is 0 Å². The number of piperazine rings is 1. The van der Waals surface area contributed by atoms with Crippen LogP contribution in [0.15, 0.2) is 24.5 Å². The molecule has 124 valence electrons. The van der Waals surface area contributed by atoms with E-state index < -0.39 is 5.97 Å². The number of hydrogen-bond donors (Lipinski definition) is 0. The minimum atomic E-state index is -0.495. The third-order valence-electron chi connectivity index (χ3n) is 3.86. The first kappa shape index (κ1) is 15.9. The van der Waals surface area contributed by atoms with Gasteiger partial charge in [-0.2, -0.15) is 5.26 Å². The Kier molecular flexibility index (Phi) is 4.67. The van der Waals surface area contributed by atoms with Gasteiger partial charge in [0.2, 0.25) is 0 Å². The summed E-state index contributed by atoms with van der Waals surface area (Å²) in [6.45, 7) is 3.68. The number of anilines is 1. The molecule has 0 bridgehead atoms. The second-order valence-corrected chi connectivity index (χ2v) is 5.37. The van der Waals surface area contributed by atoms with Crippen molar-refractivity contribution in [1.29, 1.82) is 5.26 Å². The molecule has 0 aliphatic carbocycles. The van der Waals surface area contributed by atoms with Gasteiger partial charge in [-0.15, -0.1) is 5.10 Å². The number of esters is 1. The Balaban J connectivity index is 1.58. The van der Waals surface area contributed by atoms with Gasteiger partial charge in [0.15, 0.2) is 5.69 Å². The van der Waals surface area contributed by atoms with E-state index in [0.717, 1.165) is 32.0 Å². The van der Waals surface area contributed by atoms with Crippen LogP contribution < -0.4 is 4.90 Å². The molecule has 0 aromatic carbocycles. The first-order chi connectivity index (χ1) is 11.7. The molecular weight excluding hydrogens is 310 g/mol. The molecular formula is C15H17N7O2. The first-order valence-electron chi connectivity index (χ1n) is 7.52. The normalized spacial score (nSPS) is 15.1. The Labute approximate surface area is 139 Å². The molecule has 3 rings (SSSR count). The van der Waals surface area contributed by atoms with Crippen molar-refractivity contribution in [1.82, 2.24) is 24.9 Å². The lowest BCUT2D eigenvalue weighted by molar-refractivity contribution is 0.0594. The Hall–Kier alpha value is -2.99. The molecule has 2 aromatic rings. The van der Waals surface area contributed by atoms with Crippen molar-refractivity contribution < 1.29 is 9.53 Å². The topological polar surface area (TPSA) is 100 Å². The van der Waals surface area contributed by atoms with Crippen molar-refractivity contribution >= 4 is 11.8 Å². The lowest BCUT2D eigenvalue weighted by Crippen LogP contribution is -2.47. The fourth-order valence-electron chi connectivity index (χ4n) is 2.61. The maximum Gasteiger partial charge on any atom is 0.360 e. The molecule has 1 fully saturated rings. The fourth-order valence-corrected chi connectivity index (χ4v) is 2.61. The van der Waals surface area contributed by atoms with Crippen molar-refractivity contribution in [3.05, 3.63) is 35.8 Å². The average molecular weight is 327 g/mol. The number of methoxy groups -OCH3 is 1. The van der Waals surface area contributed by atoms with Gasteiger partial charge in [0.1, 0.15) is 11.9 Å². The van der Waals surface area contributed by atoms with Gasteiger partial charge in [-0.1, -0.05) is 5.21 Å². The van der Waals surface area contributed by atoms with Gasteiger partial charge < -0.3 is 9.64 Å². The van der Waals surface area contributed by atoms with E-state index in [4.69, 9.17) is 0 Å². The number of carbonyl (C=O) groups excluding carboxylic acids is 1. The Morgan fingerprint density at radius 3 is 2.88 bits per heavy atom. The van der Waals surface area contributed by atoms with Crippen LogP contribution in [0, 0.1) is 11.3 Å². The standard InChI is InChI=1S/C15H17N7O2/c1-24-15(23)13-10-22(19-18-13)11-20-5-7-21(8-6-20)14-12(9-16)3-2-4-17-14/h2-4,10H,5-8,11H2,1H3. The van der Waals surface area contributed by atoms with Gasteiger partial charge in [-0.3, -0.25) is 4.90 Å². The summed E-state index contributed by atoms with van der Waals surface area (Å²) in [5.41, 5.74) is 0.785. The molecule has 0 saturated carbocycles. The molecule has 1 aliphatic rings. The van der Waals surface area contributed by atoms with E-state index in [1.807, 2.05) is 0 Å². The molecule has 0 spiro atoms. The SMILES string of the molecule is COC(=O)c1cn(CN2CCN(c3ncccc3C#N)CC2)nn1. The van der Waals surface area contributed by atoms with Crippen LogP contribution >= 0.6 is 0 Å². The number of nitriles is 1. The molecule has 0 atom stereocenters. The first-order valence-corrected chi connectivity index (χ1v) is 7.52. The van der Waals surface area contributed by atoms with Crippen molar-refractivity contribution in [2.45, 2.75) is 6.67 Å². The summed E-state index contributed by atoms with van der Waals surface area (Å²) < 4.78 is 6.23. The van der Waals surface area contributed by atoms with Crippen LogP contribution in [-0.2, 0) is 11.4 Å². The molecule has 1 aliphatic heterocycles. The van der Waals surface area contributed by atoms with E-state index in [-0.39, 0.29) is 5.69 Å². The average Bonchev–Trinajstić information content (AvgIpc) is 3.10. The number of ether oxygens (including phenoxy) is 1. The minimum absolute atomic E-state index is 0.197. The highest BCUT2D eigenvalue weighted by Crippen LogP contribution is 2.18. The zero-order chi connectivity index (χ0) is 16.9. The van der Waals surface area contributed by atoms with Gasteiger partial charge in [-0.05, 0) is 12.1 Å². The Morgan fingerprint density at radius 1 is 1.38 bits per heavy atom. The summed E-state index contributed by atoms with van der Waals surface area (Å²) in [5, 5.41) is 16.9. The summed E-state index contributed by atoms with van der Waals surface area (Å²) in [6.07, 6.45) is 3.27. The summed E-state index contributed by atoms with van der Waals surface area (Å²) in [6, 6.07) is 5.72. The maximum absolute atomic E-state index is 11.4. The van der Waals surface area contributed by atoms with E-state index in [0.29, 0.717) is 12.2 Å². The molecule has 0 amide bonds. The molecule has 1 saturated heterocycles. The van der Waals surface area contributed by atoms with E-state index in [9.17, 15) is 10.1 Å². The van der Waals surface area contributed by atoms with Crippen LogP contribution in [0.2, 0.25) is 0 Å². The molecule has 0 radical (unpaired) electrons. The lowest BCUT2D eigenvalue weighted by atomic mass is 10.2. The van der Waals surface area contributed by atoms with Gasteiger partial charge in [0.05, 0.1) is 25.5 Å². The molecule has 24 heavy (non-hydrogen) atoms. The zero-order valence-corrected chi connectivity index (χ0v) is 13.3. The van der Waals surface area contributed by atoms with Crippen LogP contribution in [0.3, 0.4) is 0 Å². The molecule has 0 unspecified atom stereocenters. The second-order valence-electron chi connectivity index (χ2n) is 5.37. The van der Waals surface area contributed by atoms with Crippen LogP contribution in [-0.4, -0.2) is 64.1 Å². The summed E-state index contributed by atoms with van der Waals surface area (Å²) in [7, 11) is 1.31. The number of pyridine rings is 1. The number of hydrogen-bond acceptors (Lipinski definition) is 8. The Morgan fingerprint density at radius 2 is 2.17 bits per heavy atom. The third-order valence-corrected chi connectivity index (χ3v) is 3.86. The zero-order valence-electron chi connectivity index (χ0n) is 13.3. The second kappa shape index (κ2) is 7.06. The molecule has 0 N–H and O–H groups in total. The predicted molar refractivity (Wildman–Crippen MR) is 84.1 cm³/mol. The summed E-state index contributed by atoms with van der Waals surface area (Å²) >= 11 is 0. The van der Waals surface area contributed by atoms with E-state index in [2.05, 4.69) is 35.9 Å². The van der Waals surface area contributed by atoms with E-state index in [1.165, 1.54) is 7.11 Å². The van der Waals surface area contributed by atoms with Gasteiger partial charge in [-0.25, -0.2) is 14.5 Å². The predicted octanol–water partition coefficient (Wildman–Crippen LogP) is 0.111. The molecule has 9 heteroatoms. The highest BCUT2D eigenvalue weighted by atomic mass is 16.5. The highest BCUT2D eigenvalue weighted by molar-refractivity contribution is 5.86. The van der Waals surface area contributed by atoms with Crippen molar-refractivity contribution in [2.75, 3.05) is 38.2 Å². The van der Waals surface area contributed by atoms with Crippen molar-refractivity contribution in [3.63, 3.8) is 0 Å². The number of rotatable bonds is 4. The van der Waals surface area contributed by atoms with Crippen molar-refractivity contribution in [3.8, 4) is 6.07 Å². The summed E-state index contributed by atoms with van der Waals surface area (Å²) in [5.74, 6) is 0.235. The minimum Gasteiger partial charge on any atom is -0.464 e. The maximum atomic E-state index is 11.4. The monoisotopic (exact) mass is 327 g/mol. The van der Waals surface area contributed by atoms with E-state index in [1.54, 1.807) is 29.2 Å².